The number of nitrogens with zero attached hydrogens (tertiary/aromatic N) is 2. The van der Waals surface area contributed by atoms with Gasteiger partial charge in [0.05, 0.1) is 12.7 Å². The van der Waals surface area contributed by atoms with Crippen LogP contribution in [0.4, 0.5) is 4.39 Å². The minimum absolute atomic E-state index is 0.0775. The molecular weight excluding hydrogens is 377 g/mol. The van der Waals surface area contributed by atoms with Gasteiger partial charge in [0, 0.05) is 13.1 Å². The van der Waals surface area contributed by atoms with Gasteiger partial charge < -0.3 is 19.4 Å². The quantitative estimate of drug-likeness (QED) is 0.798. The Bertz CT molecular complexity index is 903. The summed E-state index contributed by atoms with van der Waals surface area (Å²) in [5.41, 5.74) is 0.347. The molecule has 1 saturated heterocycles. The first-order valence-corrected chi connectivity index (χ1v) is 9.73. The Hall–Kier alpha value is -2.90. The molecule has 1 aliphatic rings. The molecule has 0 radical (unpaired) electrons. The van der Waals surface area contributed by atoms with E-state index >= 15 is 0 Å². The van der Waals surface area contributed by atoms with Crippen molar-refractivity contribution < 1.29 is 23.1 Å². The number of carbonyl (C=O) groups excluding carboxylic acids is 2. The zero-order valence-corrected chi connectivity index (χ0v) is 17.1. The second kappa shape index (κ2) is 8.63. The van der Waals surface area contributed by atoms with Crippen molar-refractivity contribution in [2.75, 3.05) is 20.2 Å². The molecule has 1 fully saturated rings. The predicted molar refractivity (Wildman–Crippen MR) is 104 cm³/mol. The number of methoxy groups -OCH3 is 1. The maximum atomic E-state index is 13.9. The van der Waals surface area contributed by atoms with E-state index in [2.05, 4.69) is 10.3 Å². The summed E-state index contributed by atoms with van der Waals surface area (Å²) in [5.74, 6) is -0.818. The van der Waals surface area contributed by atoms with Gasteiger partial charge in [-0.05, 0) is 37.8 Å². The second-order valence-corrected chi connectivity index (χ2v) is 7.47. The van der Waals surface area contributed by atoms with Crippen LogP contribution in [-0.4, -0.2) is 41.9 Å². The molecule has 2 heterocycles. The molecule has 7 nitrogen and oxygen atoms in total. The summed E-state index contributed by atoms with van der Waals surface area (Å²) in [7, 11) is 1.31. The fraction of sp³-hybridized carbons (Fsp3) is 0.476. The first kappa shape index (κ1) is 20.8. The Kier molecular flexibility index (Phi) is 6.20. The van der Waals surface area contributed by atoms with Gasteiger partial charge in [0.25, 0.3) is 11.8 Å². The largest absolute Gasteiger partial charge is 0.493 e. The topological polar surface area (TPSA) is 84.7 Å². The highest BCUT2D eigenvalue weighted by atomic mass is 19.1. The Balaban J connectivity index is 1.85. The van der Waals surface area contributed by atoms with Crippen LogP contribution in [0.1, 0.15) is 65.2 Å². The predicted octanol–water partition coefficient (Wildman–Crippen LogP) is 3.49. The highest BCUT2D eigenvalue weighted by Gasteiger charge is 2.30. The molecule has 1 N–H and O–H groups in total. The SMILES string of the molecule is COc1c(F)cccc1C(=O)N[C@@H](c1nc(C(=O)N2CCCC2)c(C)o1)C(C)C. The number of likely N-dealkylation sites (tertiary alicyclic amines) is 1. The van der Waals surface area contributed by atoms with Crippen molar-refractivity contribution in [2.45, 2.75) is 39.7 Å². The maximum absolute atomic E-state index is 13.9. The van der Waals surface area contributed by atoms with Crippen LogP contribution in [-0.2, 0) is 0 Å². The molecule has 0 spiro atoms. The minimum atomic E-state index is -0.619. The molecule has 1 aliphatic heterocycles. The van der Waals surface area contributed by atoms with E-state index < -0.39 is 17.8 Å². The number of carbonyl (C=O) groups is 2. The molecule has 0 saturated carbocycles. The van der Waals surface area contributed by atoms with Gasteiger partial charge in [-0.2, -0.15) is 0 Å². The smallest absolute Gasteiger partial charge is 0.276 e. The number of halogens is 1. The van der Waals surface area contributed by atoms with Crippen LogP contribution >= 0.6 is 0 Å². The molecule has 3 rings (SSSR count). The number of aromatic nitrogens is 1. The lowest BCUT2D eigenvalue weighted by atomic mass is 10.0. The van der Waals surface area contributed by atoms with E-state index in [-0.39, 0.29) is 34.7 Å². The van der Waals surface area contributed by atoms with Crippen LogP contribution < -0.4 is 10.1 Å². The number of ether oxygens (including phenoxy) is 1. The van der Waals surface area contributed by atoms with E-state index in [1.54, 1.807) is 11.8 Å². The normalized spacial score (nSPS) is 14.9. The van der Waals surface area contributed by atoms with Crippen LogP contribution in [0.3, 0.4) is 0 Å². The molecule has 0 bridgehead atoms. The highest BCUT2D eigenvalue weighted by Crippen LogP contribution is 2.27. The number of nitrogens with one attached hydrogen (secondary N) is 1. The van der Waals surface area contributed by atoms with Crippen LogP contribution in [0.2, 0.25) is 0 Å². The van der Waals surface area contributed by atoms with Crippen molar-refractivity contribution in [1.29, 1.82) is 0 Å². The Labute approximate surface area is 169 Å². The Morgan fingerprint density at radius 1 is 1.28 bits per heavy atom. The van der Waals surface area contributed by atoms with Gasteiger partial charge in [-0.1, -0.05) is 19.9 Å². The summed E-state index contributed by atoms with van der Waals surface area (Å²) in [6.45, 7) is 6.91. The molecule has 1 aromatic heterocycles. The Morgan fingerprint density at radius 2 is 1.97 bits per heavy atom. The first-order valence-electron chi connectivity index (χ1n) is 9.73. The van der Waals surface area contributed by atoms with Crippen LogP contribution in [0, 0.1) is 18.7 Å². The van der Waals surface area contributed by atoms with Crippen LogP contribution in [0.5, 0.6) is 5.75 Å². The van der Waals surface area contributed by atoms with Crippen LogP contribution in [0.25, 0.3) is 0 Å². The molecule has 1 atom stereocenters. The highest BCUT2D eigenvalue weighted by molar-refractivity contribution is 5.97. The molecule has 2 amide bonds. The number of oxazole rings is 1. The monoisotopic (exact) mass is 403 g/mol. The van der Waals surface area contributed by atoms with Gasteiger partial charge in [-0.15, -0.1) is 0 Å². The zero-order chi connectivity index (χ0) is 21.1. The summed E-state index contributed by atoms with van der Waals surface area (Å²) < 4.78 is 24.7. The standard InChI is InChI=1S/C21H26FN3O4/c1-12(2)16(23-19(26)14-8-7-9-15(22)18(14)28-4)20-24-17(13(3)29-20)21(27)25-10-5-6-11-25/h7-9,12,16H,5-6,10-11H2,1-4H3,(H,23,26)/t16-/m1/s1. The number of amides is 2. The van der Waals surface area contributed by atoms with E-state index in [9.17, 15) is 14.0 Å². The van der Waals surface area contributed by atoms with Crippen molar-refractivity contribution in [3.63, 3.8) is 0 Å². The molecule has 156 valence electrons. The van der Waals surface area contributed by atoms with E-state index in [0.717, 1.165) is 12.8 Å². The van der Waals surface area contributed by atoms with Crippen molar-refractivity contribution in [2.24, 2.45) is 5.92 Å². The lowest BCUT2D eigenvalue weighted by Gasteiger charge is -2.20. The third kappa shape index (κ3) is 4.26. The average Bonchev–Trinajstić information content (AvgIpc) is 3.35. The third-order valence-electron chi connectivity index (χ3n) is 5.04. The molecule has 0 aliphatic carbocycles. The zero-order valence-electron chi connectivity index (χ0n) is 17.1. The van der Waals surface area contributed by atoms with Crippen molar-refractivity contribution in [3.05, 3.63) is 46.9 Å². The molecule has 0 unspecified atom stereocenters. The molecule has 29 heavy (non-hydrogen) atoms. The number of para-hydroxylation sites is 1. The molecular formula is C21H26FN3O4. The summed E-state index contributed by atoms with van der Waals surface area (Å²) in [6.07, 6.45) is 1.96. The van der Waals surface area contributed by atoms with Crippen LogP contribution in [0.15, 0.2) is 22.6 Å². The first-order chi connectivity index (χ1) is 13.8. The minimum Gasteiger partial charge on any atom is -0.493 e. The molecule has 1 aromatic carbocycles. The number of aryl methyl sites for hydroxylation is 1. The summed E-state index contributed by atoms with van der Waals surface area (Å²) in [5, 5.41) is 2.83. The molecule has 8 heteroatoms. The second-order valence-electron chi connectivity index (χ2n) is 7.47. The number of benzene rings is 1. The van der Waals surface area contributed by atoms with Gasteiger partial charge in [0.15, 0.2) is 17.3 Å². The van der Waals surface area contributed by atoms with E-state index in [4.69, 9.17) is 9.15 Å². The van der Waals surface area contributed by atoms with E-state index in [0.29, 0.717) is 18.8 Å². The fourth-order valence-electron chi connectivity index (χ4n) is 3.45. The van der Waals surface area contributed by atoms with Gasteiger partial charge in [0.2, 0.25) is 5.89 Å². The number of rotatable bonds is 6. The van der Waals surface area contributed by atoms with Crippen molar-refractivity contribution in [1.82, 2.24) is 15.2 Å². The fourth-order valence-corrected chi connectivity index (χ4v) is 3.45. The maximum Gasteiger partial charge on any atom is 0.276 e. The van der Waals surface area contributed by atoms with Crippen molar-refractivity contribution in [3.8, 4) is 5.75 Å². The van der Waals surface area contributed by atoms with Crippen molar-refractivity contribution >= 4 is 11.8 Å². The van der Waals surface area contributed by atoms with Gasteiger partial charge in [0.1, 0.15) is 11.8 Å². The lowest BCUT2D eigenvalue weighted by molar-refractivity contribution is 0.0785. The van der Waals surface area contributed by atoms with Gasteiger partial charge in [-0.3, -0.25) is 9.59 Å². The van der Waals surface area contributed by atoms with E-state index in [1.165, 1.54) is 25.3 Å². The lowest BCUT2D eigenvalue weighted by Crippen LogP contribution is -2.32. The average molecular weight is 403 g/mol. The van der Waals surface area contributed by atoms with E-state index in [1.807, 2.05) is 13.8 Å². The Morgan fingerprint density at radius 3 is 2.59 bits per heavy atom. The molecule has 2 aromatic rings. The number of hydrogen-bond donors (Lipinski definition) is 1. The van der Waals surface area contributed by atoms with Gasteiger partial charge in [-0.25, -0.2) is 9.37 Å². The number of hydrogen-bond acceptors (Lipinski definition) is 5. The third-order valence-corrected chi connectivity index (χ3v) is 5.04. The van der Waals surface area contributed by atoms with Gasteiger partial charge >= 0.3 is 0 Å². The summed E-state index contributed by atoms with van der Waals surface area (Å²) >= 11 is 0. The summed E-state index contributed by atoms with van der Waals surface area (Å²) in [6, 6.07) is 3.56. The summed E-state index contributed by atoms with van der Waals surface area (Å²) in [4.78, 5) is 31.7.